The molecule has 0 aliphatic rings. The first kappa shape index (κ1) is 15.3. The van der Waals surface area contributed by atoms with Crippen LogP contribution in [-0.2, 0) is 11.3 Å². The fourth-order valence-corrected chi connectivity index (χ4v) is 2.47. The highest BCUT2D eigenvalue weighted by atomic mass is 16.2. The second-order valence-corrected chi connectivity index (χ2v) is 5.48. The van der Waals surface area contributed by atoms with Gasteiger partial charge in [0.2, 0.25) is 5.91 Å². The van der Waals surface area contributed by atoms with Crippen LogP contribution in [0.5, 0.6) is 0 Å². The van der Waals surface area contributed by atoms with Crippen LogP contribution in [0.25, 0.3) is 0 Å². The minimum atomic E-state index is -0.285. The molecule has 0 aliphatic heterocycles. The molecule has 2 heterocycles. The molecule has 0 saturated heterocycles. The number of nitrogens with zero attached hydrogens (tertiary/aromatic N) is 5. The van der Waals surface area contributed by atoms with Crippen LogP contribution in [-0.4, -0.2) is 43.7 Å². The first-order valence-electron chi connectivity index (χ1n) is 7.15. The maximum atomic E-state index is 12.5. The summed E-state index contributed by atoms with van der Waals surface area (Å²) in [7, 11) is 1.83. The third-order valence-corrected chi connectivity index (χ3v) is 3.75. The van der Waals surface area contributed by atoms with Crippen molar-refractivity contribution < 1.29 is 4.79 Å². The highest BCUT2D eigenvalue weighted by molar-refractivity contribution is 5.79. The molecule has 0 fully saturated rings. The normalized spacial score (nSPS) is 12.4. The summed E-state index contributed by atoms with van der Waals surface area (Å²) in [6, 6.07) is 1.70. The van der Waals surface area contributed by atoms with Crippen LogP contribution in [0.15, 0.2) is 18.5 Å². The van der Waals surface area contributed by atoms with Gasteiger partial charge in [-0.1, -0.05) is 0 Å². The molecule has 1 atom stereocenters. The molecule has 1 amide bonds. The van der Waals surface area contributed by atoms with Crippen LogP contribution in [0.3, 0.4) is 0 Å². The molecule has 0 saturated carbocycles. The van der Waals surface area contributed by atoms with Gasteiger partial charge in [0.15, 0.2) is 0 Å². The largest absolute Gasteiger partial charge is 0.342 e. The van der Waals surface area contributed by atoms with Crippen LogP contribution < -0.4 is 0 Å². The number of aromatic nitrogens is 4. The van der Waals surface area contributed by atoms with Gasteiger partial charge in [0.05, 0.1) is 5.69 Å². The van der Waals surface area contributed by atoms with Crippen molar-refractivity contribution in [3.8, 4) is 0 Å². The molecule has 0 radical (unpaired) electrons. The van der Waals surface area contributed by atoms with E-state index >= 15 is 0 Å². The highest BCUT2D eigenvalue weighted by Gasteiger charge is 2.21. The van der Waals surface area contributed by atoms with Gasteiger partial charge >= 0.3 is 0 Å². The van der Waals surface area contributed by atoms with E-state index in [0.717, 1.165) is 23.8 Å². The molecule has 2 aromatic rings. The average molecular weight is 289 g/mol. The lowest BCUT2D eigenvalue weighted by Gasteiger charge is -2.22. The van der Waals surface area contributed by atoms with E-state index in [-0.39, 0.29) is 11.9 Å². The maximum absolute atomic E-state index is 12.5. The molecule has 21 heavy (non-hydrogen) atoms. The zero-order valence-corrected chi connectivity index (χ0v) is 13.4. The molecule has 0 spiro atoms. The summed E-state index contributed by atoms with van der Waals surface area (Å²) < 4.78 is 3.83. The number of carbonyl (C=O) groups excluding carboxylic acids is 1. The van der Waals surface area contributed by atoms with Crippen molar-refractivity contribution >= 4 is 5.91 Å². The van der Waals surface area contributed by atoms with Crippen LogP contribution in [0.2, 0.25) is 0 Å². The van der Waals surface area contributed by atoms with Crippen molar-refractivity contribution in [3.05, 3.63) is 35.7 Å². The standard InChI is InChI=1S/C15H23N5O/c1-11-10-12(2)20(17-11)13(3)15(21)18(5)8-9-19-7-6-16-14(19)4/h6-7,10,13H,8-9H2,1-5H3/t13-/m0/s1. The van der Waals surface area contributed by atoms with Gasteiger partial charge in [-0.2, -0.15) is 5.10 Å². The first-order valence-corrected chi connectivity index (χ1v) is 7.15. The Morgan fingerprint density at radius 3 is 2.62 bits per heavy atom. The molecule has 0 unspecified atom stereocenters. The number of aryl methyl sites for hydroxylation is 3. The van der Waals surface area contributed by atoms with Crippen LogP contribution in [0.1, 0.15) is 30.2 Å². The predicted octanol–water partition coefficient (Wildman–Crippen LogP) is 1.72. The van der Waals surface area contributed by atoms with Gasteiger partial charge in [-0.3, -0.25) is 9.48 Å². The summed E-state index contributed by atoms with van der Waals surface area (Å²) in [5.41, 5.74) is 1.94. The summed E-state index contributed by atoms with van der Waals surface area (Å²) >= 11 is 0. The number of imidazole rings is 1. The Bertz CT molecular complexity index is 628. The SMILES string of the molecule is Cc1cc(C)n([C@@H](C)C(=O)N(C)CCn2ccnc2C)n1. The van der Waals surface area contributed by atoms with Crippen LogP contribution in [0.4, 0.5) is 0 Å². The predicted molar refractivity (Wildman–Crippen MR) is 81.0 cm³/mol. The molecule has 2 aromatic heterocycles. The van der Waals surface area contributed by atoms with Crippen molar-refractivity contribution in [1.82, 2.24) is 24.2 Å². The fraction of sp³-hybridized carbons (Fsp3) is 0.533. The van der Waals surface area contributed by atoms with E-state index in [4.69, 9.17) is 0 Å². The summed E-state index contributed by atoms with van der Waals surface area (Å²) in [6.07, 6.45) is 3.70. The zero-order chi connectivity index (χ0) is 15.6. The van der Waals surface area contributed by atoms with E-state index in [1.165, 1.54) is 0 Å². The number of hydrogen-bond donors (Lipinski definition) is 0. The lowest BCUT2D eigenvalue weighted by Crippen LogP contribution is -2.36. The Labute approximate surface area is 125 Å². The monoisotopic (exact) mass is 289 g/mol. The molecule has 0 N–H and O–H groups in total. The minimum Gasteiger partial charge on any atom is -0.342 e. The molecule has 0 aromatic carbocycles. The van der Waals surface area contributed by atoms with Gasteiger partial charge in [-0.15, -0.1) is 0 Å². The van der Waals surface area contributed by atoms with E-state index in [0.29, 0.717) is 6.54 Å². The van der Waals surface area contributed by atoms with Crippen molar-refractivity contribution in [1.29, 1.82) is 0 Å². The average Bonchev–Trinajstić information content (AvgIpc) is 2.99. The summed E-state index contributed by atoms with van der Waals surface area (Å²) in [4.78, 5) is 18.4. The maximum Gasteiger partial charge on any atom is 0.246 e. The molecular formula is C15H23N5O. The Balaban J connectivity index is 1.99. The molecule has 0 aliphatic carbocycles. The van der Waals surface area contributed by atoms with Gasteiger partial charge in [0.25, 0.3) is 0 Å². The smallest absolute Gasteiger partial charge is 0.246 e. The van der Waals surface area contributed by atoms with E-state index in [1.54, 1.807) is 15.8 Å². The Kier molecular flexibility index (Phi) is 4.45. The molecule has 6 heteroatoms. The van der Waals surface area contributed by atoms with E-state index in [1.807, 2.05) is 51.6 Å². The van der Waals surface area contributed by atoms with Gasteiger partial charge < -0.3 is 9.47 Å². The Hall–Kier alpha value is -2.11. The van der Waals surface area contributed by atoms with Crippen molar-refractivity contribution in [2.24, 2.45) is 0 Å². The highest BCUT2D eigenvalue weighted by Crippen LogP contribution is 2.13. The van der Waals surface area contributed by atoms with Crippen molar-refractivity contribution in [2.75, 3.05) is 13.6 Å². The number of amides is 1. The van der Waals surface area contributed by atoms with Crippen molar-refractivity contribution in [3.63, 3.8) is 0 Å². The molecule has 114 valence electrons. The van der Waals surface area contributed by atoms with Crippen LogP contribution >= 0.6 is 0 Å². The van der Waals surface area contributed by atoms with Gasteiger partial charge in [-0.05, 0) is 33.8 Å². The van der Waals surface area contributed by atoms with E-state index in [9.17, 15) is 4.79 Å². The number of hydrogen-bond acceptors (Lipinski definition) is 3. The van der Waals surface area contributed by atoms with Crippen molar-refractivity contribution in [2.45, 2.75) is 40.3 Å². The van der Waals surface area contributed by atoms with Gasteiger partial charge in [-0.25, -0.2) is 4.98 Å². The molecular weight excluding hydrogens is 266 g/mol. The Morgan fingerprint density at radius 1 is 1.38 bits per heavy atom. The third-order valence-electron chi connectivity index (χ3n) is 3.75. The zero-order valence-electron chi connectivity index (χ0n) is 13.4. The Morgan fingerprint density at radius 2 is 2.10 bits per heavy atom. The van der Waals surface area contributed by atoms with Gasteiger partial charge in [0, 0.05) is 38.2 Å². The lowest BCUT2D eigenvalue weighted by atomic mass is 10.3. The second-order valence-electron chi connectivity index (χ2n) is 5.48. The first-order chi connectivity index (χ1) is 9.90. The third kappa shape index (κ3) is 3.32. The quantitative estimate of drug-likeness (QED) is 0.842. The van der Waals surface area contributed by atoms with E-state index in [2.05, 4.69) is 10.1 Å². The molecule has 2 rings (SSSR count). The summed E-state index contributed by atoms with van der Waals surface area (Å²) in [6.45, 7) is 9.16. The molecule has 6 nitrogen and oxygen atoms in total. The van der Waals surface area contributed by atoms with Gasteiger partial charge in [0.1, 0.15) is 11.9 Å². The number of rotatable bonds is 5. The summed E-state index contributed by atoms with van der Waals surface area (Å²) in [5, 5.41) is 4.39. The lowest BCUT2D eigenvalue weighted by molar-refractivity contribution is -0.133. The second kappa shape index (κ2) is 6.11. The van der Waals surface area contributed by atoms with Crippen LogP contribution in [0, 0.1) is 20.8 Å². The topological polar surface area (TPSA) is 56.0 Å². The fourth-order valence-electron chi connectivity index (χ4n) is 2.47. The number of carbonyl (C=O) groups is 1. The molecule has 0 bridgehead atoms. The number of likely N-dealkylation sites (N-methyl/N-ethyl adjacent to an activating group) is 1. The minimum absolute atomic E-state index is 0.0685. The van der Waals surface area contributed by atoms with E-state index < -0.39 is 0 Å². The summed E-state index contributed by atoms with van der Waals surface area (Å²) in [5.74, 6) is 1.03.